The number of amides is 1. The van der Waals surface area contributed by atoms with Crippen LogP contribution in [0, 0.1) is 0 Å². The van der Waals surface area contributed by atoms with Gasteiger partial charge in [-0.2, -0.15) is 0 Å². The molecular formula is C30H27N3O3. The van der Waals surface area contributed by atoms with Gasteiger partial charge < -0.3 is 9.64 Å². The quantitative estimate of drug-likeness (QED) is 0.395. The molecule has 6 nitrogen and oxygen atoms in total. The van der Waals surface area contributed by atoms with Gasteiger partial charge in [-0.1, -0.05) is 66.7 Å². The first-order chi connectivity index (χ1) is 17.7. The molecule has 0 radical (unpaired) electrons. The van der Waals surface area contributed by atoms with Crippen molar-refractivity contribution in [2.45, 2.75) is 25.9 Å². The van der Waals surface area contributed by atoms with Crippen LogP contribution in [0.4, 0.5) is 5.69 Å². The zero-order chi connectivity index (χ0) is 24.5. The molecule has 1 amide bonds. The van der Waals surface area contributed by atoms with Crippen molar-refractivity contribution in [1.29, 1.82) is 0 Å². The Hall–Kier alpha value is -4.03. The monoisotopic (exact) mass is 477 g/mol. The summed E-state index contributed by atoms with van der Waals surface area (Å²) in [5.74, 6) is -0.668. The predicted octanol–water partition coefficient (Wildman–Crippen LogP) is 4.54. The fraction of sp³-hybridized carbons (Fsp3) is 0.233. The first-order valence-corrected chi connectivity index (χ1v) is 12.4. The van der Waals surface area contributed by atoms with Crippen molar-refractivity contribution in [2.24, 2.45) is 0 Å². The van der Waals surface area contributed by atoms with Crippen molar-refractivity contribution < 1.29 is 14.3 Å². The van der Waals surface area contributed by atoms with Crippen LogP contribution >= 0.6 is 0 Å². The maximum Gasteiger partial charge on any atom is 0.339 e. The highest BCUT2D eigenvalue weighted by molar-refractivity contribution is 6.06. The predicted molar refractivity (Wildman–Crippen MR) is 139 cm³/mol. The lowest BCUT2D eigenvalue weighted by molar-refractivity contribution is -0.121. The molecule has 0 N–H and O–H groups in total. The summed E-state index contributed by atoms with van der Waals surface area (Å²) in [5.41, 5.74) is 6.43. The number of rotatable bonds is 5. The number of para-hydroxylation sites is 2. The van der Waals surface area contributed by atoms with E-state index in [-0.39, 0.29) is 12.5 Å². The lowest BCUT2D eigenvalue weighted by Crippen LogP contribution is -2.34. The molecule has 36 heavy (non-hydrogen) atoms. The maximum atomic E-state index is 13.5. The van der Waals surface area contributed by atoms with E-state index in [4.69, 9.17) is 9.72 Å². The molecule has 3 aromatic carbocycles. The number of pyridine rings is 1. The number of carbonyl (C=O) groups excluding carboxylic acids is 2. The molecule has 6 heteroatoms. The molecule has 0 bridgehead atoms. The van der Waals surface area contributed by atoms with E-state index in [2.05, 4.69) is 17.0 Å². The number of ether oxygens (including phenoxy) is 1. The fourth-order valence-electron chi connectivity index (χ4n) is 5.33. The van der Waals surface area contributed by atoms with Gasteiger partial charge in [-0.05, 0) is 29.7 Å². The number of hydrogen-bond acceptors (Lipinski definition) is 5. The first-order valence-electron chi connectivity index (χ1n) is 12.4. The Labute approximate surface area is 210 Å². The smallest absolute Gasteiger partial charge is 0.339 e. The zero-order valence-electron chi connectivity index (χ0n) is 20.0. The van der Waals surface area contributed by atoms with Crippen LogP contribution in [0.25, 0.3) is 10.9 Å². The molecule has 2 aliphatic rings. The molecule has 0 aliphatic carbocycles. The van der Waals surface area contributed by atoms with Crippen molar-refractivity contribution in [1.82, 2.24) is 9.88 Å². The largest absolute Gasteiger partial charge is 0.452 e. The van der Waals surface area contributed by atoms with Gasteiger partial charge in [0, 0.05) is 54.9 Å². The second-order valence-electron chi connectivity index (χ2n) is 9.38. The SMILES string of the molecule is O=C(OCC(=O)N1CCc2ccccc21)c1c2c(nc3ccccc13)CCN(Cc1ccccc1)C2. The summed E-state index contributed by atoms with van der Waals surface area (Å²) in [6, 6.07) is 25.9. The fourth-order valence-corrected chi connectivity index (χ4v) is 5.33. The Morgan fingerprint density at radius 3 is 2.53 bits per heavy atom. The Morgan fingerprint density at radius 1 is 0.861 bits per heavy atom. The molecule has 0 unspecified atom stereocenters. The summed E-state index contributed by atoms with van der Waals surface area (Å²) in [6.07, 6.45) is 1.58. The molecule has 6 rings (SSSR count). The average molecular weight is 478 g/mol. The number of anilines is 1. The first kappa shape index (κ1) is 22.4. The summed E-state index contributed by atoms with van der Waals surface area (Å²) in [7, 11) is 0. The maximum absolute atomic E-state index is 13.5. The number of nitrogens with zero attached hydrogens (tertiary/aromatic N) is 3. The van der Waals surface area contributed by atoms with Crippen LogP contribution in [-0.4, -0.2) is 41.5 Å². The van der Waals surface area contributed by atoms with Crippen LogP contribution in [-0.2, 0) is 35.5 Å². The van der Waals surface area contributed by atoms with E-state index in [1.807, 2.05) is 66.7 Å². The van der Waals surface area contributed by atoms with Crippen molar-refractivity contribution in [3.05, 3.63) is 107 Å². The van der Waals surface area contributed by atoms with E-state index >= 15 is 0 Å². The highest BCUT2D eigenvalue weighted by Gasteiger charge is 2.29. The molecule has 0 fully saturated rings. The van der Waals surface area contributed by atoms with Crippen molar-refractivity contribution >= 4 is 28.5 Å². The Balaban J connectivity index is 1.26. The summed E-state index contributed by atoms with van der Waals surface area (Å²) in [6.45, 7) is 2.60. The number of carbonyl (C=O) groups is 2. The second kappa shape index (κ2) is 9.55. The minimum Gasteiger partial charge on any atom is -0.452 e. The van der Waals surface area contributed by atoms with Gasteiger partial charge in [0.05, 0.1) is 11.1 Å². The average Bonchev–Trinajstić information content (AvgIpc) is 3.35. The minimum atomic E-state index is -0.466. The van der Waals surface area contributed by atoms with Crippen molar-refractivity contribution in [3.63, 3.8) is 0 Å². The van der Waals surface area contributed by atoms with Crippen LogP contribution in [0.5, 0.6) is 0 Å². The molecule has 2 aliphatic heterocycles. The highest BCUT2D eigenvalue weighted by atomic mass is 16.5. The number of hydrogen-bond donors (Lipinski definition) is 0. The Bertz CT molecular complexity index is 1450. The molecule has 4 aromatic rings. The van der Waals surface area contributed by atoms with E-state index in [0.717, 1.165) is 59.3 Å². The molecular weight excluding hydrogens is 450 g/mol. The summed E-state index contributed by atoms with van der Waals surface area (Å²) < 4.78 is 5.67. The number of fused-ring (bicyclic) bond motifs is 3. The summed E-state index contributed by atoms with van der Waals surface area (Å²) >= 11 is 0. The van der Waals surface area contributed by atoms with Crippen LogP contribution in [0.2, 0.25) is 0 Å². The molecule has 3 heterocycles. The van der Waals surface area contributed by atoms with Crippen LogP contribution in [0.15, 0.2) is 78.9 Å². The second-order valence-corrected chi connectivity index (χ2v) is 9.38. The van der Waals surface area contributed by atoms with Gasteiger partial charge in [-0.25, -0.2) is 4.79 Å². The summed E-state index contributed by atoms with van der Waals surface area (Å²) in [5, 5.41) is 0.766. The third kappa shape index (κ3) is 4.25. The van der Waals surface area contributed by atoms with Crippen molar-refractivity contribution in [3.8, 4) is 0 Å². The van der Waals surface area contributed by atoms with Gasteiger partial charge in [0.1, 0.15) is 0 Å². The topological polar surface area (TPSA) is 62.7 Å². The van der Waals surface area contributed by atoms with Crippen molar-refractivity contribution in [2.75, 3.05) is 24.6 Å². The van der Waals surface area contributed by atoms with Crippen LogP contribution in [0.3, 0.4) is 0 Å². The third-order valence-electron chi connectivity index (χ3n) is 7.09. The zero-order valence-corrected chi connectivity index (χ0v) is 20.0. The van der Waals surface area contributed by atoms with E-state index < -0.39 is 5.97 Å². The van der Waals surface area contributed by atoms with Gasteiger partial charge in [0.2, 0.25) is 0 Å². The van der Waals surface area contributed by atoms with E-state index in [9.17, 15) is 9.59 Å². The Morgan fingerprint density at radius 2 is 1.64 bits per heavy atom. The van der Waals surface area contributed by atoms with Gasteiger partial charge in [-0.15, -0.1) is 0 Å². The minimum absolute atomic E-state index is 0.203. The number of aromatic nitrogens is 1. The van der Waals surface area contributed by atoms with Gasteiger partial charge >= 0.3 is 5.97 Å². The number of esters is 1. The van der Waals surface area contributed by atoms with E-state index in [0.29, 0.717) is 18.7 Å². The lowest BCUT2D eigenvalue weighted by atomic mass is 9.95. The third-order valence-corrected chi connectivity index (χ3v) is 7.09. The van der Waals surface area contributed by atoms with Crippen LogP contribution < -0.4 is 4.90 Å². The van der Waals surface area contributed by atoms with Crippen LogP contribution in [0.1, 0.15) is 32.7 Å². The standard InChI is InChI=1S/C30H27N3O3/c34-28(33-17-14-22-10-4-7-13-27(22)33)20-36-30(35)29-23-11-5-6-12-25(23)31-26-15-16-32(19-24(26)29)18-21-8-2-1-3-9-21/h1-13H,14-20H2. The van der Waals surface area contributed by atoms with Gasteiger partial charge in [0.15, 0.2) is 6.61 Å². The Kier molecular flexibility index (Phi) is 5.95. The molecule has 0 saturated carbocycles. The van der Waals surface area contributed by atoms with Gasteiger partial charge in [-0.3, -0.25) is 14.7 Å². The molecule has 0 spiro atoms. The van der Waals surface area contributed by atoms with E-state index in [1.165, 1.54) is 5.56 Å². The lowest BCUT2D eigenvalue weighted by Gasteiger charge is -2.30. The molecule has 0 saturated heterocycles. The molecule has 0 atom stereocenters. The summed E-state index contributed by atoms with van der Waals surface area (Å²) in [4.78, 5) is 35.4. The van der Waals surface area contributed by atoms with Gasteiger partial charge in [0.25, 0.3) is 5.91 Å². The highest BCUT2D eigenvalue weighted by Crippen LogP contribution is 2.30. The normalized spacial score (nSPS) is 14.9. The number of benzene rings is 3. The molecule has 1 aromatic heterocycles. The molecule has 180 valence electrons. The van der Waals surface area contributed by atoms with E-state index in [1.54, 1.807) is 4.90 Å².